The third-order valence-electron chi connectivity index (χ3n) is 4.28. The molecule has 1 N–H and O–H groups in total. The molecule has 1 heterocycles. The van der Waals surface area contributed by atoms with Crippen molar-refractivity contribution in [3.05, 3.63) is 29.6 Å². The number of hydrogen-bond donors (Lipinski definition) is 1. The molecule has 0 spiro atoms. The van der Waals surface area contributed by atoms with Crippen molar-refractivity contribution in [3.63, 3.8) is 0 Å². The summed E-state index contributed by atoms with van der Waals surface area (Å²) >= 11 is 2.11. The summed E-state index contributed by atoms with van der Waals surface area (Å²) in [5, 5.41) is 4.53. The summed E-state index contributed by atoms with van der Waals surface area (Å²) in [6, 6.07) is 4.90. The minimum absolute atomic E-state index is 0.574. The molecule has 3 heteroatoms. The molecule has 1 aromatic rings. The number of fused-ring (bicyclic) bond motifs is 1. The standard InChI is InChI=1S/C17H28N2S/c1-4-10-18-16(12-20-13(3)5-2)15-9-8-14-7-6-11-19-17(14)15/h6-7,11,13,15-16,18H,4-5,8-10,12H2,1-3H3. The molecule has 0 aromatic carbocycles. The average molecular weight is 292 g/mol. The van der Waals surface area contributed by atoms with Crippen LogP contribution in [0.3, 0.4) is 0 Å². The second-order valence-corrected chi connectivity index (χ2v) is 7.28. The Morgan fingerprint density at radius 2 is 2.30 bits per heavy atom. The van der Waals surface area contributed by atoms with E-state index >= 15 is 0 Å². The van der Waals surface area contributed by atoms with Gasteiger partial charge in [0, 0.05) is 34.9 Å². The molecule has 2 nitrogen and oxygen atoms in total. The molecule has 3 unspecified atom stereocenters. The highest BCUT2D eigenvalue weighted by Crippen LogP contribution is 2.35. The molecular weight excluding hydrogens is 264 g/mol. The molecule has 0 saturated carbocycles. The molecule has 0 saturated heterocycles. The van der Waals surface area contributed by atoms with Crippen LogP contribution in [0.1, 0.15) is 57.2 Å². The molecule has 2 rings (SSSR count). The topological polar surface area (TPSA) is 24.9 Å². The Bertz CT molecular complexity index is 408. The van der Waals surface area contributed by atoms with Crippen molar-refractivity contribution >= 4 is 11.8 Å². The van der Waals surface area contributed by atoms with Crippen molar-refractivity contribution in [1.82, 2.24) is 10.3 Å². The van der Waals surface area contributed by atoms with Crippen molar-refractivity contribution < 1.29 is 0 Å². The van der Waals surface area contributed by atoms with Crippen LogP contribution >= 0.6 is 11.8 Å². The SMILES string of the molecule is CCCNC(CSC(C)CC)C1CCc2cccnc21. The van der Waals surface area contributed by atoms with Gasteiger partial charge in [-0.1, -0.05) is 26.8 Å². The van der Waals surface area contributed by atoms with Gasteiger partial charge < -0.3 is 5.32 Å². The van der Waals surface area contributed by atoms with Crippen molar-refractivity contribution in [2.75, 3.05) is 12.3 Å². The Hall–Kier alpha value is -0.540. The molecule has 0 amide bonds. The van der Waals surface area contributed by atoms with Gasteiger partial charge in [0.25, 0.3) is 0 Å². The monoisotopic (exact) mass is 292 g/mol. The van der Waals surface area contributed by atoms with E-state index in [1.165, 1.54) is 42.7 Å². The Kier molecular flexibility index (Phi) is 6.37. The molecule has 20 heavy (non-hydrogen) atoms. The number of nitrogens with zero attached hydrogens (tertiary/aromatic N) is 1. The third kappa shape index (κ3) is 3.98. The minimum Gasteiger partial charge on any atom is -0.312 e. The first-order chi connectivity index (χ1) is 9.76. The number of aryl methyl sites for hydroxylation is 1. The maximum Gasteiger partial charge on any atom is 0.0482 e. The Labute approximate surface area is 128 Å². The summed E-state index contributed by atoms with van der Waals surface area (Å²) in [4.78, 5) is 4.67. The van der Waals surface area contributed by atoms with Gasteiger partial charge >= 0.3 is 0 Å². The van der Waals surface area contributed by atoms with E-state index in [4.69, 9.17) is 0 Å². The molecule has 3 atom stereocenters. The fourth-order valence-electron chi connectivity index (χ4n) is 2.87. The van der Waals surface area contributed by atoms with Crippen LogP contribution in [-0.2, 0) is 6.42 Å². The molecule has 1 aromatic heterocycles. The number of rotatable bonds is 8. The molecule has 0 aliphatic heterocycles. The normalized spacial score (nSPS) is 20.6. The Balaban J connectivity index is 2.03. The maximum atomic E-state index is 4.67. The molecule has 0 fully saturated rings. The summed E-state index contributed by atoms with van der Waals surface area (Å²) in [5.74, 6) is 1.81. The van der Waals surface area contributed by atoms with Crippen LogP contribution in [0, 0.1) is 0 Å². The number of pyridine rings is 1. The summed E-state index contributed by atoms with van der Waals surface area (Å²) in [6.07, 6.45) is 6.87. The van der Waals surface area contributed by atoms with Gasteiger partial charge in [0.1, 0.15) is 0 Å². The van der Waals surface area contributed by atoms with E-state index < -0.39 is 0 Å². The molecule has 1 aliphatic carbocycles. The van der Waals surface area contributed by atoms with Crippen molar-refractivity contribution in [1.29, 1.82) is 0 Å². The van der Waals surface area contributed by atoms with E-state index in [0.717, 1.165) is 11.8 Å². The summed E-state index contributed by atoms with van der Waals surface area (Å²) in [6.45, 7) is 7.97. The van der Waals surface area contributed by atoms with Crippen LogP contribution in [-0.4, -0.2) is 28.6 Å². The van der Waals surface area contributed by atoms with Gasteiger partial charge in [-0.2, -0.15) is 11.8 Å². The summed E-state index contributed by atoms with van der Waals surface area (Å²) in [5.41, 5.74) is 2.82. The van der Waals surface area contributed by atoms with Crippen LogP contribution in [0.4, 0.5) is 0 Å². The Morgan fingerprint density at radius 1 is 1.45 bits per heavy atom. The second kappa shape index (κ2) is 8.04. The zero-order chi connectivity index (χ0) is 14.4. The zero-order valence-electron chi connectivity index (χ0n) is 13.1. The quantitative estimate of drug-likeness (QED) is 0.783. The van der Waals surface area contributed by atoms with Crippen LogP contribution in [0.2, 0.25) is 0 Å². The predicted molar refractivity (Wildman–Crippen MR) is 89.6 cm³/mol. The zero-order valence-corrected chi connectivity index (χ0v) is 13.9. The largest absolute Gasteiger partial charge is 0.312 e. The van der Waals surface area contributed by atoms with Gasteiger partial charge in [-0.3, -0.25) is 4.98 Å². The van der Waals surface area contributed by atoms with Crippen molar-refractivity contribution in [2.45, 2.75) is 63.7 Å². The molecule has 1 aliphatic rings. The first kappa shape index (κ1) is 15.8. The van der Waals surface area contributed by atoms with Gasteiger partial charge in [-0.15, -0.1) is 0 Å². The van der Waals surface area contributed by atoms with E-state index in [0.29, 0.717) is 12.0 Å². The average Bonchev–Trinajstić information content (AvgIpc) is 2.91. The van der Waals surface area contributed by atoms with Crippen molar-refractivity contribution in [2.24, 2.45) is 0 Å². The highest BCUT2D eigenvalue weighted by atomic mass is 32.2. The van der Waals surface area contributed by atoms with E-state index in [1.807, 2.05) is 6.20 Å². The molecule has 0 bridgehead atoms. The maximum absolute atomic E-state index is 4.67. The number of aromatic nitrogens is 1. The lowest BCUT2D eigenvalue weighted by Gasteiger charge is -2.26. The van der Waals surface area contributed by atoms with Crippen LogP contribution in [0.5, 0.6) is 0 Å². The highest BCUT2D eigenvalue weighted by molar-refractivity contribution is 7.99. The van der Waals surface area contributed by atoms with Gasteiger partial charge in [-0.05, 0) is 43.9 Å². The van der Waals surface area contributed by atoms with Gasteiger partial charge in [0.05, 0.1) is 0 Å². The number of nitrogens with one attached hydrogen (secondary N) is 1. The van der Waals surface area contributed by atoms with Crippen molar-refractivity contribution in [3.8, 4) is 0 Å². The lowest BCUT2D eigenvalue weighted by atomic mass is 9.98. The Morgan fingerprint density at radius 3 is 3.05 bits per heavy atom. The highest BCUT2D eigenvalue weighted by Gasteiger charge is 2.30. The molecule has 112 valence electrons. The van der Waals surface area contributed by atoms with Gasteiger partial charge in [0.2, 0.25) is 0 Å². The van der Waals surface area contributed by atoms with Crippen LogP contribution < -0.4 is 5.32 Å². The number of hydrogen-bond acceptors (Lipinski definition) is 3. The van der Waals surface area contributed by atoms with E-state index in [1.54, 1.807) is 0 Å². The van der Waals surface area contributed by atoms with E-state index in [-0.39, 0.29) is 0 Å². The number of thioether (sulfide) groups is 1. The lowest BCUT2D eigenvalue weighted by molar-refractivity contribution is 0.457. The fraction of sp³-hybridized carbons (Fsp3) is 0.706. The van der Waals surface area contributed by atoms with E-state index in [9.17, 15) is 0 Å². The van der Waals surface area contributed by atoms with E-state index in [2.05, 4.69) is 55.0 Å². The molecular formula is C17H28N2S. The summed E-state index contributed by atoms with van der Waals surface area (Å²) < 4.78 is 0. The first-order valence-corrected chi connectivity index (χ1v) is 9.09. The minimum atomic E-state index is 0.574. The third-order valence-corrected chi connectivity index (χ3v) is 5.73. The second-order valence-electron chi connectivity index (χ2n) is 5.81. The lowest BCUT2D eigenvalue weighted by Crippen LogP contribution is -2.37. The van der Waals surface area contributed by atoms with Gasteiger partial charge in [-0.25, -0.2) is 0 Å². The summed E-state index contributed by atoms with van der Waals surface area (Å²) in [7, 11) is 0. The smallest absolute Gasteiger partial charge is 0.0482 e. The first-order valence-electron chi connectivity index (χ1n) is 8.05. The van der Waals surface area contributed by atoms with Gasteiger partial charge in [0.15, 0.2) is 0 Å². The molecule has 0 radical (unpaired) electrons. The van der Waals surface area contributed by atoms with Crippen LogP contribution in [0.15, 0.2) is 18.3 Å². The predicted octanol–water partition coefficient (Wildman–Crippen LogP) is 4.01. The fourth-order valence-corrected chi connectivity index (χ4v) is 3.99. The van der Waals surface area contributed by atoms with Crippen LogP contribution in [0.25, 0.3) is 0 Å².